The third-order valence-corrected chi connectivity index (χ3v) is 5.83. The molecule has 0 spiro atoms. The predicted molar refractivity (Wildman–Crippen MR) is 130 cm³/mol. The molecular weight excluding hydrogens is 463 g/mol. The standard InChI is InChI=1S/C24H22Cl2N4O3/c25-16-6-10-20(19(13-16)24(33)29-21-11-7-17(26)14-27-21)28-23(32)15-4-8-18(9-5-15)30-12-2-1-3-22(30)31/h4-11,13-14,22,31H,1-3,12H2,(H,28,32)(H,27,29,33). The normalized spacial score (nSPS) is 15.7. The van der Waals surface area contributed by atoms with E-state index in [-0.39, 0.29) is 11.5 Å². The molecule has 170 valence electrons. The highest BCUT2D eigenvalue weighted by Gasteiger charge is 2.21. The molecule has 1 aliphatic rings. The minimum Gasteiger partial charge on any atom is -0.374 e. The van der Waals surface area contributed by atoms with Crippen LogP contribution in [0.4, 0.5) is 17.2 Å². The molecule has 1 fully saturated rings. The highest BCUT2D eigenvalue weighted by molar-refractivity contribution is 6.31. The van der Waals surface area contributed by atoms with Crippen LogP contribution < -0.4 is 15.5 Å². The van der Waals surface area contributed by atoms with E-state index in [1.807, 2.05) is 17.0 Å². The van der Waals surface area contributed by atoms with Gasteiger partial charge in [-0.1, -0.05) is 23.2 Å². The van der Waals surface area contributed by atoms with Gasteiger partial charge >= 0.3 is 0 Å². The van der Waals surface area contributed by atoms with E-state index in [1.165, 1.54) is 12.3 Å². The average molecular weight is 485 g/mol. The average Bonchev–Trinajstić information content (AvgIpc) is 2.82. The second-order valence-corrected chi connectivity index (χ2v) is 8.55. The van der Waals surface area contributed by atoms with Gasteiger partial charge in [0, 0.05) is 29.0 Å². The molecule has 1 aliphatic heterocycles. The van der Waals surface area contributed by atoms with Crippen molar-refractivity contribution in [1.29, 1.82) is 0 Å². The van der Waals surface area contributed by atoms with Crippen LogP contribution in [0, 0.1) is 0 Å². The lowest BCUT2D eigenvalue weighted by molar-refractivity contribution is 0.102. The molecule has 1 aromatic heterocycles. The van der Waals surface area contributed by atoms with Gasteiger partial charge < -0.3 is 20.6 Å². The second-order valence-electron chi connectivity index (χ2n) is 7.68. The summed E-state index contributed by atoms with van der Waals surface area (Å²) in [6.45, 7) is 0.776. The summed E-state index contributed by atoms with van der Waals surface area (Å²) in [5.74, 6) is -0.532. The number of hydrogen-bond acceptors (Lipinski definition) is 5. The molecule has 3 aromatic rings. The molecule has 0 radical (unpaired) electrons. The largest absolute Gasteiger partial charge is 0.374 e. The molecule has 2 amide bonds. The van der Waals surface area contributed by atoms with Crippen LogP contribution in [0.15, 0.2) is 60.8 Å². The third-order valence-electron chi connectivity index (χ3n) is 5.38. The number of rotatable bonds is 5. The number of aliphatic hydroxyl groups excluding tert-OH is 1. The van der Waals surface area contributed by atoms with E-state index in [1.54, 1.807) is 36.4 Å². The van der Waals surface area contributed by atoms with Crippen molar-refractivity contribution in [3.8, 4) is 0 Å². The summed E-state index contributed by atoms with van der Waals surface area (Å²) in [5, 5.41) is 16.4. The van der Waals surface area contributed by atoms with Gasteiger partial charge in [-0.05, 0) is 73.9 Å². The molecule has 33 heavy (non-hydrogen) atoms. The maximum Gasteiger partial charge on any atom is 0.258 e. The van der Waals surface area contributed by atoms with Gasteiger partial charge in [0.15, 0.2) is 0 Å². The molecule has 1 atom stereocenters. The fourth-order valence-corrected chi connectivity index (χ4v) is 3.94. The Bertz CT molecular complexity index is 1150. The van der Waals surface area contributed by atoms with Crippen LogP contribution in [-0.2, 0) is 0 Å². The first-order chi connectivity index (χ1) is 15.9. The number of nitrogens with one attached hydrogen (secondary N) is 2. The number of hydrogen-bond donors (Lipinski definition) is 3. The highest BCUT2D eigenvalue weighted by Crippen LogP contribution is 2.25. The number of amides is 2. The van der Waals surface area contributed by atoms with Gasteiger partial charge in [-0.25, -0.2) is 4.98 Å². The first-order valence-electron chi connectivity index (χ1n) is 10.5. The van der Waals surface area contributed by atoms with E-state index in [0.29, 0.717) is 27.1 Å². The van der Waals surface area contributed by atoms with Crippen LogP contribution in [0.3, 0.4) is 0 Å². The van der Waals surface area contributed by atoms with Crippen LogP contribution in [0.5, 0.6) is 0 Å². The number of aromatic nitrogens is 1. The molecule has 9 heteroatoms. The van der Waals surface area contributed by atoms with E-state index in [9.17, 15) is 14.7 Å². The number of nitrogens with zero attached hydrogens (tertiary/aromatic N) is 2. The smallest absolute Gasteiger partial charge is 0.258 e. The maximum atomic E-state index is 12.9. The Morgan fingerprint density at radius 2 is 1.70 bits per heavy atom. The Hall–Kier alpha value is -3.13. The monoisotopic (exact) mass is 484 g/mol. The van der Waals surface area contributed by atoms with E-state index < -0.39 is 12.1 Å². The van der Waals surface area contributed by atoms with Crippen molar-refractivity contribution < 1.29 is 14.7 Å². The predicted octanol–water partition coefficient (Wildman–Crippen LogP) is 5.20. The van der Waals surface area contributed by atoms with Crippen molar-refractivity contribution in [1.82, 2.24) is 4.98 Å². The number of anilines is 3. The van der Waals surface area contributed by atoms with Crippen LogP contribution in [0.25, 0.3) is 0 Å². The van der Waals surface area contributed by atoms with Crippen LogP contribution >= 0.6 is 23.2 Å². The van der Waals surface area contributed by atoms with Crippen molar-refractivity contribution in [2.75, 3.05) is 22.1 Å². The fraction of sp³-hybridized carbons (Fsp3) is 0.208. The molecular formula is C24H22Cl2N4O3. The van der Waals surface area contributed by atoms with Crippen LogP contribution in [0.2, 0.25) is 10.0 Å². The summed E-state index contributed by atoms with van der Waals surface area (Å²) < 4.78 is 0. The second kappa shape index (κ2) is 10.2. The van der Waals surface area contributed by atoms with Crippen molar-refractivity contribution in [3.63, 3.8) is 0 Å². The number of pyridine rings is 1. The molecule has 2 aromatic carbocycles. The number of halogens is 2. The first-order valence-corrected chi connectivity index (χ1v) is 11.2. The Balaban J connectivity index is 1.49. The summed E-state index contributed by atoms with van der Waals surface area (Å²) in [6.07, 6.45) is 3.67. The quantitative estimate of drug-likeness (QED) is 0.462. The van der Waals surface area contributed by atoms with Crippen LogP contribution in [-0.4, -0.2) is 34.7 Å². The zero-order valence-corrected chi connectivity index (χ0v) is 19.1. The SMILES string of the molecule is O=C(Nc1ccc(Cl)cc1C(=O)Nc1ccc(Cl)cn1)c1ccc(N2CCCCC2O)cc1. The zero-order valence-electron chi connectivity index (χ0n) is 17.6. The minimum atomic E-state index is -0.510. The van der Waals surface area contributed by atoms with Gasteiger partial charge in [0.05, 0.1) is 16.3 Å². The third kappa shape index (κ3) is 5.63. The van der Waals surface area contributed by atoms with Gasteiger partial charge in [-0.15, -0.1) is 0 Å². The lowest BCUT2D eigenvalue weighted by Crippen LogP contribution is -2.39. The molecule has 1 unspecified atom stereocenters. The molecule has 3 N–H and O–H groups in total. The summed E-state index contributed by atoms with van der Waals surface area (Å²) in [4.78, 5) is 31.7. The summed E-state index contributed by atoms with van der Waals surface area (Å²) in [7, 11) is 0. The Morgan fingerprint density at radius 3 is 2.39 bits per heavy atom. The van der Waals surface area contributed by atoms with E-state index in [2.05, 4.69) is 15.6 Å². The van der Waals surface area contributed by atoms with Crippen molar-refractivity contribution in [2.45, 2.75) is 25.5 Å². The fourth-order valence-electron chi connectivity index (χ4n) is 3.66. The van der Waals surface area contributed by atoms with Crippen LogP contribution in [0.1, 0.15) is 40.0 Å². The first kappa shape index (κ1) is 23.0. The maximum absolute atomic E-state index is 12.9. The molecule has 0 saturated carbocycles. The van der Waals surface area contributed by atoms with Crippen molar-refractivity contribution in [3.05, 3.63) is 82.0 Å². The van der Waals surface area contributed by atoms with Crippen molar-refractivity contribution in [2.24, 2.45) is 0 Å². The summed E-state index contributed by atoms with van der Waals surface area (Å²) in [6, 6.07) is 14.8. The lowest BCUT2D eigenvalue weighted by atomic mass is 10.1. The van der Waals surface area contributed by atoms with Crippen molar-refractivity contribution >= 4 is 52.2 Å². The topological polar surface area (TPSA) is 94.6 Å². The zero-order chi connectivity index (χ0) is 23.4. The molecule has 4 rings (SSSR count). The van der Waals surface area contributed by atoms with Gasteiger partial charge in [0.1, 0.15) is 12.0 Å². The molecule has 0 bridgehead atoms. The Morgan fingerprint density at radius 1 is 0.939 bits per heavy atom. The Labute approximate surface area is 201 Å². The van der Waals surface area contributed by atoms with E-state index in [4.69, 9.17) is 23.2 Å². The number of carbonyl (C=O) groups excluding carboxylic acids is 2. The summed E-state index contributed by atoms with van der Waals surface area (Å²) >= 11 is 11.9. The lowest BCUT2D eigenvalue weighted by Gasteiger charge is -2.34. The minimum absolute atomic E-state index is 0.195. The van der Waals surface area contributed by atoms with Gasteiger partial charge in [-0.2, -0.15) is 0 Å². The van der Waals surface area contributed by atoms with Gasteiger partial charge in [0.2, 0.25) is 0 Å². The van der Waals surface area contributed by atoms with Gasteiger partial charge in [0.25, 0.3) is 11.8 Å². The summed E-state index contributed by atoms with van der Waals surface area (Å²) in [5.41, 5.74) is 1.79. The molecule has 1 saturated heterocycles. The number of carbonyl (C=O) groups is 2. The molecule has 2 heterocycles. The van der Waals surface area contributed by atoms with E-state index in [0.717, 1.165) is 31.5 Å². The van der Waals surface area contributed by atoms with Gasteiger partial charge in [-0.3, -0.25) is 9.59 Å². The van der Waals surface area contributed by atoms with E-state index >= 15 is 0 Å². The number of piperidine rings is 1. The molecule has 7 nitrogen and oxygen atoms in total. The highest BCUT2D eigenvalue weighted by atomic mass is 35.5. The Kier molecular flexibility index (Phi) is 7.13. The number of aliphatic hydroxyl groups is 1. The molecule has 0 aliphatic carbocycles. The number of benzene rings is 2.